The Balaban J connectivity index is 1.25. The van der Waals surface area contributed by atoms with Crippen LogP contribution in [0, 0.1) is 0 Å². The molecule has 0 radical (unpaired) electrons. The van der Waals surface area contributed by atoms with Gasteiger partial charge in [-0.2, -0.15) is 5.10 Å². The van der Waals surface area contributed by atoms with Crippen molar-refractivity contribution in [1.29, 1.82) is 0 Å². The zero-order chi connectivity index (χ0) is 19.5. The molecule has 1 aliphatic rings. The molecule has 0 amide bonds. The summed E-state index contributed by atoms with van der Waals surface area (Å²) in [5, 5.41) is 4.53. The fourth-order valence-electron chi connectivity index (χ4n) is 3.75. The van der Waals surface area contributed by atoms with Crippen molar-refractivity contribution in [2.24, 2.45) is 0 Å². The highest BCUT2D eigenvalue weighted by molar-refractivity contribution is 5.53. The summed E-state index contributed by atoms with van der Waals surface area (Å²) in [6.45, 7) is 3.54. The van der Waals surface area contributed by atoms with Crippen LogP contribution in [-0.4, -0.2) is 36.2 Å². The van der Waals surface area contributed by atoms with Crippen LogP contribution in [0.15, 0.2) is 73.4 Å². The lowest BCUT2D eigenvalue weighted by atomic mass is 10.1. The fraction of sp³-hybridized carbons (Fsp3) is 0.217. The Kier molecular flexibility index (Phi) is 4.84. The van der Waals surface area contributed by atoms with Crippen LogP contribution < -0.4 is 0 Å². The summed E-state index contributed by atoms with van der Waals surface area (Å²) < 4.78 is 2.01. The lowest BCUT2D eigenvalue weighted by Gasteiger charge is -2.27. The van der Waals surface area contributed by atoms with Crippen LogP contribution in [0.5, 0.6) is 0 Å². The van der Waals surface area contributed by atoms with Gasteiger partial charge in [0.1, 0.15) is 0 Å². The predicted molar refractivity (Wildman–Crippen MR) is 111 cm³/mol. The van der Waals surface area contributed by atoms with Crippen molar-refractivity contribution in [1.82, 2.24) is 29.6 Å². The van der Waals surface area contributed by atoms with Gasteiger partial charge in [-0.3, -0.25) is 14.6 Å². The number of pyridine rings is 1. The van der Waals surface area contributed by atoms with Crippen molar-refractivity contribution < 1.29 is 0 Å². The predicted octanol–water partition coefficient (Wildman–Crippen LogP) is 3.34. The molecule has 0 saturated carbocycles. The lowest BCUT2D eigenvalue weighted by molar-refractivity contribution is 0.243. The third-order valence-corrected chi connectivity index (χ3v) is 5.21. The SMILES string of the molecule is c1ccc(Cn2cc(CN3CCc4nc(-c5cccnc5)ncc4C3)cn2)cc1. The molecular formula is C23H22N6. The molecule has 1 aliphatic heterocycles. The summed E-state index contributed by atoms with van der Waals surface area (Å²) in [4.78, 5) is 15.9. The van der Waals surface area contributed by atoms with Crippen LogP contribution >= 0.6 is 0 Å². The normalized spacial score (nSPS) is 13.9. The zero-order valence-corrected chi connectivity index (χ0v) is 16.1. The highest BCUT2D eigenvalue weighted by Crippen LogP contribution is 2.21. The summed E-state index contributed by atoms with van der Waals surface area (Å²) >= 11 is 0. The van der Waals surface area contributed by atoms with Crippen LogP contribution in [0.3, 0.4) is 0 Å². The van der Waals surface area contributed by atoms with Crippen molar-refractivity contribution >= 4 is 0 Å². The zero-order valence-electron chi connectivity index (χ0n) is 16.1. The van der Waals surface area contributed by atoms with Gasteiger partial charge >= 0.3 is 0 Å². The number of hydrogen-bond donors (Lipinski definition) is 0. The van der Waals surface area contributed by atoms with Crippen molar-refractivity contribution in [3.63, 3.8) is 0 Å². The van der Waals surface area contributed by atoms with Crippen molar-refractivity contribution in [3.05, 3.63) is 95.8 Å². The van der Waals surface area contributed by atoms with E-state index < -0.39 is 0 Å². The fourth-order valence-corrected chi connectivity index (χ4v) is 3.75. The first-order valence-electron chi connectivity index (χ1n) is 9.86. The number of benzene rings is 1. The van der Waals surface area contributed by atoms with E-state index in [0.29, 0.717) is 0 Å². The van der Waals surface area contributed by atoms with Gasteiger partial charge in [0.05, 0.1) is 18.4 Å². The third-order valence-electron chi connectivity index (χ3n) is 5.21. The van der Waals surface area contributed by atoms with Gasteiger partial charge < -0.3 is 0 Å². The molecule has 0 aliphatic carbocycles. The summed E-state index contributed by atoms with van der Waals surface area (Å²) in [6, 6.07) is 14.3. The molecular weight excluding hydrogens is 360 g/mol. The van der Waals surface area contributed by atoms with Gasteiger partial charge in [0, 0.05) is 67.5 Å². The molecule has 0 saturated heterocycles. The van der Waals surface area contributed by atoms with Gasteiger partial charge in [-0.05, 0) is 17.7 Å². The maximum Gasteiger partial charge on any atom is 0.160 e. The van der Waals surface area contributed by atoms with Gasteiger partial charge in [0.15, 0.2) is 5.82 Å². The highest BCUT2D eigenvalue weighted by atomic mass is 15.3. The minimum Gasteiger partial charge on any atom is -0.294 e. The molecule has 3 aromatic heterocycles. The molecule has 4 heterocycles. The second-order valence-corrected chi connectivity index (χ2v) is 7.40. The van der Waals surface area contributed by atoms with Crippen LogP contribution in [0.4, 0.5) is 0 Å². The Bertz CT molecular complexity index is 1090. The van der Waals surface area contributed by atoms with Crippen LogP contribution in [0.25, 0.3) is 11.4 Å². The Hall–Kier alpha value is -3.38. The van der Waals surface area contributed by atoms with Gasteiger partial charge in [0.25, 0.3) is 0 Å². The number of nitrogens with zero attached hydrogens (tertiary/aromatic N) is 6. The molecule has 4 aromatic rings. The summed E-state index contributed by atoms with van der Waals surface area (Å²) in [5.74, 6) is 0.757. The number of aromatic nitrogens is 5. The summed E-state index contributed by atoms with van der Waals surface area (Å²) in [7, 11) is 0. The monoisotopic (exact) mass is 382 g/mol. The number of fused-ring (bicyclic) bond motifs is 1. The molecule has 6 heteroatoms. The largest absolute Gasteiger partial charge is 0.294 e. The van der Waals surface area contributed by atoms with Crippen molar-refractivity contribution in [2.75, 3.05) is 6.54 Å². The second kappa shape index (κ2) is 7.93. The van der Waals surface area contributed by atoms with E-state index in [1.165, 1.54) is 16.7 Å². The van der Waals surface area contributed by atoms with Gasteiger partial charge in [-0.15, -0.1) is 0 Å². The molecule has 0 N–H and O–H groups in total. The molecule has 6 nitrogen and oxygen atoms in total. The van der Waals surface area contributed by atoms with Crippen LogP contribution in [0.1, 0.15) is 22.4 Å². The first-order chi connectivity index (χ1) is 14.3. The average Bonchev–Trinajstić information content (AvgIpc) is 3.21. The van der Waals surface area contributed by atoms with E-state index in [2.05, 4.69) is 50.4 Å². The highest BCUT2D eigenvalue weighted by Gasteiger charge is 2.19. The van der Waals surface area contributed by atoms with Crippen LogP contribution in [0.2, 0.25) is 0 Å². The molecule has 0 bridgehead atoms. The Morgan fingerprint density at radius 1 is 0.897 bits per heavy atom. The van der Waals surface area contributed by atoms with E-state index >= 15 is 0 Å². The van der Waals surface area contributed by atoms with Gasteiger partial charge in [-0.1, -0.05) is 30.3 Å². The van der Waals surface area contributed by atoms with E-state index in [1.54, 1.807) is 6.20 Å². The van der Waals surface area contributed by atoms with E-state index in [-0.39, 0.29) is 0 Å². The molecule has 0 spiro atoms. The molecule has 0 unspecified atom stereocenters. The molecule has 0 fully saturated rings. The van der Waals surface area contributed by atoms with Crippen molar-refractivity contribution in [3.8, 4) is 11.4 Å². The Labute approximate surface area is 169 Å². The summed E-state index contributed by atoms with van der Waals surface area (Å²) in [5.41, 5.74) is 5.81. The summed E-state index contributed by atoms with van der Waals surface area (Å²) in [6.07, 6.45) is 10.6. The molecule has 1 aromatic carbocycles. The molecule has 144 valence electrons. The lowest BCUT2D eigenvalue weighted by Crippen LogP contribution is -2.30. The number of hydrogen-bond acceptors (Lipinski definition) is 5. The maximum atomic E-state index is 4.78. The minimum atomic E-state index is 0.757. The van der Waals surface area contributed by atoms with Crippen molar-refractivity contribution in [2.45, 2.75) is 26.1 Å². The first-order valence-corrected chi connectivity index (χ1v) is 9.86. The number of rotatable bonds is 5. The van der Waals surface area contributed by atoms with E-state index in [4.69, 9.17) is 4.98 Å². The average molecular weight is 382 g/mol. The molecule has 5 rings (SSSR count). The van der Waals surface area contributed by atoms with E-state index in [0.717, 1.165) is 49.7 Å². The quantitative estimate of drug-likeness (QED) is 0.530. The maximum absolute atomic E-state index is 4.78. The van der Waals surface area contributed by atoms with E-state index in [9.17, 15) is 0 Å². The van der Waals surface area contributed by atoms with Gasteiger partial charge in [-0.25, -0.2) is 9.97 Å². The second-order valence-electron chi connectivity index (χ2n) is 7.40. The minimum absolute atomic E-state index is 0.757. The van der Waals surface area contributed by atoms with E-state index in [1.807, 2.05) is 41.5 Å². The van der Waals surface area contributed by atoms with Gasteiger partial charge in [0.2, 0.25) is 0 Å². The topological polar surface area (TPSA) is 59.7 Å². The Morgan fingerprint density at radius 2 is 1.83 bits per heavy atom. The van der Waals surface area contributed by atoms with Crippen LogP contribution in [-0.2, 0) is 26.1 Å². The smallest absolute Gasteiger partial charge is 0.160 e. The first kappa shape index (κ1) is 17.7. The standard InChI is InChI=1S/C23H22N6/c1-2-5-18(6-3-1)15-29-16-19(11-26-29)14-28-10-8-22-21(17-28)13-25-23(27-22)20-7-4-9-24-12-20/h1-7,9,11-13,16H,8,10,14-15,17H2. The molecule has 0 atom stereocenters. The molecule has 29 heavy (non-hydrogen) atoms. The third kappa shape index (κ3) is 4.07. The Morgan fingerprint density at radius 3 is 2.69 bits per heavy atom.